The van der Waals surface area contributed by atoms with E-state index >= 15 is 0 Å². The molecule has 0 fully saturated rings. The zero-order valence-corrected chi connectivity index (χ0v) is 40.9. The third-order valence-electron chi connectivity index (χ3n) is 15.0. The van der Waals surface area contributed by atoms with Gasteiger partial charge in [0, 0.05) is 44.4 Å². The zero-order chi connectivity index (χ0) is 49.7. The van der Waals surface area contributed by atoms with Gasteiger partial charge in [-0.15, -0.1) is 0 Å². The molecule has 13 aromatic rings. The molecule has 75 heavy (non-hydrogen) atoms. The van der Waals surface area contributed by atoms with Crippen LogP contribution < -0.4 is 4.90 Å². The van der Waals surface area contributed by atoms with Crippen LogP contribution in [0, 0.1) is 0 Å². The summed E-state index contributed by atoms with van der Waals surface area (Å²) in [6.45, 7) is 0. The Morgan fingerprint density at radius 3 is 1.32 bits per heavy atom. The first-order valence-corrected chi connectivity index (χ1v) is 25.6. The predicted molar refractivity (Wildman–Crippen MR) is 308 cm³/mol. The molecular weight excluding hydrogens is 911 g/mol. The Balaban J connectivity index is 0.920. The van der Waals surface area contributed by atoms with Crippen LogP contribution in [-0.4, -0.2) is 9.97 Å². The van der Waals surface area contributed by atoms with Crippen molar-refractivity contribution in [2.24, 2.45) is 0 Å². The molecule has 0 spiro atoms. The number of aromatic nitrogens is 2. The predicted octanol–water partition coefficient (Wildman–Crippen LogP) is 18.5. The molecule has 0 atom stereocenters. The van der Waals surface area contributed by atoms with Gasteiger partial charge in [-0.1, -0.05) is 243 Å². The van der Waals surface area contributed by atoms with Gasteiger partial charge in [-0.2, -0.15) is 0 Å². The molecule has 4 nitrogen and oxygen atoms in total. The highest BCUT2D eigenvalue weighted by Crippen LogP contribution is 2.59. The normalized spacial score (nSPS) is 12.4. The first kappa shape index (κ1) is 43.9. The van der Waals surface area contributed by atoms with Gasteiger partial charge in [-0.25, -0.2) is 9.97 Å². The van der Waals surface area contributed by atoms with E-state index in [4.69, 9.17) is 14.4 Å². The fourth-order valence-electron chi connectivity index (χ4n) is 11.6. The van der Waals surface area contributed by atoms with Crippen molar-refractivity contribution in [2.45, 2.75) is 5.41 Å². The summed E-state index contributed by atoms with van der Waals surface area (Å²) in [6, 6.07) is 102. The Morgan fingerprint density at radius 1 is 0.320 bits per heavy atom. The Hall–Kier alpha value is -9.90. The number of para-hydroxylation sites is 2. The lowest BCUT2D eigenvalue weighted by atomic mass is 9.68. The molecule has 1 aliphatic carbocycles. The molecule has 0 saturated carbocycles. The molecular formula is C71H47N3O. The van der Waals surface area contributed by atoms with Crippen molar-refractivity contribution in [1.29, 1.82) is 0 Å². The van der Waals surface area contributed by atoms with Gasteiger partial charge in [0.2, 0.25) is 0 Å². The molecule has 4 heteroatoms. The van der Waals surface area contributed by atoms with E-state index in [1.807, 2.05) is 36.4 Å². The van der Waals surface area contributed by atoms with Crippen molar-refractivity contribution >= 4 is 39.0 Å². The van der Waals surface area contributed by atoms with Crippen molar-refractivity contribution < 1.29 is 4.42 Å². The van der Waals surface area contributed by atoms with E-state index in [0.29, 0.717) is 5.82 Å². The van der Waals surface area contributed by atoms with Gasteiger partial charge in [0.25, 0.3) is 0 Å². The summed E-state index contributed by atoms with van der Waals surface area (Å²) in [7, 11) is 0. The molecule has 0 bridgehead atoms. The van der Waals surface area contributed by atoms with Crippen LogP contribution in [-0.2, 0) is 5.41 Å². The van der Waals surface area contributed by atoms with Gasteiger partial charge < -0.3 is 9.32 Å². The lowest BCUT2D eigenvalue weighted by molar-refractivity contribution is 0.670. The largest absolute Gasteiger partial charge is 0.455 e. The highest BCUT2D eigenvalue weighted by Gasteiger charge is 2.47. The number of anilines is 3. The fourth-order valence-corrected chi connectivity index (χ4v) is 11.6. The van der Waals surface area contributed by atoms with Crippen LogP contribution in [0.5, 0.6) is 0 Å². The molecule has 0 radical (unpaired) electrons. The quantitative estimate of drug-likeness (QED) is 0.137. The van der Waals surface area contributed by atoms with Crippen molar-refractivity contribution in [2.75, 3.05) is 4.90 Å². The van der Waals surface area contributed by atoms with Gasteiger partial charge in [0.05, 0.1) is 28.1 Å². The summed E-state index contributed by atoms with van der Waals surface area (Å²) >= 11 is 0. The molecule has 0 amide bonds. The number of benzene rings is 11. The number of rotatable bonds is 10. The minimum absolute atomic E-state index is 0.538. The van der Waals surface area contributed by atoms with Gasteiger partial charge >= 0.3 is 0 Å². The Morgan fingerprint density at radius 2 is 0.747 bits per heavy atom. The second-order valence-electron chi connectivity index (χ2n) is 19.2. The van der Waals surface area contributed by atoms with Crippen molar-refractivity contribution in [3.8, 4) is 67.3 Å². The number of furan rings is 1. The monoisotopic (exact) mass is 957 g/mol. The van der Waals surface area contributed by atoms with Gasteiger partial charge in [-0.3, -0.25) is 0 Å². The lowest BCUT2D eigenvalue weighted by Crippen LogP contribution is -2.28. The van der Waals surface area contributed by atoms with Crippen LogP contribution in [0.4, 0.5) is 17.1 Å². The molecule has 0 aliphatic heterocycles. The van der Waals surface area contributed by atoms with Crippen LogP contribution in [0.2, 0.25) is 0 Å². The van der Waals surface area contributed by atoms with Crippen LogP contribution in [0.25, 0.3) is 89.2 Å². The van der Waals surface area contributed by atoms with E-state index in [2.05, 4.69) is 254 Å². The Labute approximate surface area is 436 Å². The molecule has 0 N–H and O–H groups in total. The van der Waals surface area contributed by atoms with E-state index in [0.717, 1.165) is 78.2 Å². The minimum Gasteiger partial charge on any atom is -0.455 e. The van der Waals surface area contributed by atoms with Crippen molar-refractivity contribution in [3.05, 3.63) is 307 Å². The fraction of sp³-hybridized carbons (Fsp3) is 0.0141. The summed E-state index contributed by atoms with van der Waals surface area (Å²) in [5.74, 6) is 0.613. The highest BCUT2D eigenvalue weighted by atomic mass is 16.3. The molecule has 11 aromatic carbocycles. The van der Waals surface area contributed by atoms with E-state index < -0.39 is 5.41 Å². The third-order valence-corrected chi connectivity index (χ3v) is 15.0. The first-order valence-electron chi connectivity index (χ1n) is 25.6. The number of hydrogen-bond acceptors (Lipinski definition) is 4. The summed E-state index contributed by atoms with van der Waals surface area (Å²) < 4.78 is 7.06. The summed E-state index contributed by atoms with van der Waals surface area (Å²) in [5.41, 5.74) is 20.7. The van der Waals surface area contributed by atoms with Crippen LogP contribution in [0.1, 0.15) is 22.3 Å². The van der Waals surface area contributed by atoms with Crippen LogP contribution >= 0.6 is 0 Å². The minimum atomic E-state index is -0.538. The molecule has 2 aromatic heterocycles. The molecule has 0 unspecified atom stereocenters. The third kappa shape index (κ3) is 7.37. The molecule has 352 valence electrons. The average Bonchev–Trinajstić information content (AvgIpc) is 4.13. The highest BCUT2D eigenvalue weighted by molar-refractivity contribution is 6.13. The van der Waals surface area contributed by atoms with E-state index in [9.17, 15) is 0 Å². The average molecular weight is 958 g/mol. The zero-order valence-electron chi connectivity index (χ0n) is 40.9. The smallest absolute Gasteiger partial charge is 0.164 e. The SMILES string of the molecule is c1ccc(-c2ccc(N(c3ccc(-c4cccc5c4oc4c(-c6nc(-c7ccccc7)cc(-c7ccccc7)n6)cccc45)cc3)c3cccc4c3-c3ccccc3C4(c3ccccc3)c3ccccc3)cc2)cc1. The molecule has 14 rings (SSSR count). The van der Waals surface area contributed by atoms with Crippen molar-refractivity contribution in [1.82, 2.24) is 9.97 Å². The van der Waals surface area contributed by atoms with Crippen LogP contribution in [0.15, 0.2) is 290 Å². The Kier molecular flexibility index (Phi) is 10.7. The Bertz CT molecular complexity index is 4100. The topological polar surface area (TPSA) is 42.2 Å². The summed E-state index contributed by atoms with van der Waals surface area (Å²) in [4.78, 5) is 12.8. The lowest BCUT2D eigenvalue weighted by Gasteiger charge is -2.34. The molecule has 0 saturated heterocycles. The number of hydrogen-bond donors (Lipinski definition) is 0. The second kappa shape index (κ2) is 18.3. The van der Waals surface area contributed by atoms with Gasteiger partial charge in [0.1, 0.15) is 11.2 Å². The maximum absolute atomic E-state index is 7.06. The van der Waals surface area contributed by atoms with Gasteiger partial charge in [0.15, 0.2) is 5.82 Å². The maximum Gasteiger partial charge on any atom is 0.164 e. The summed E-state index contributed by atoms with van der Waals surface area (Å²) in [6.07, 6.45) is 0. The number of nitrogens with zero attached hydrogens (tertiary/aromatic N) is 3. The van der Waals surface area contributed by atoms with E-state index in [1.165, 1.54) is 44.5 Å². The van der Waals surface area contributed by atoms with Gasteiger partial charge in [-0.05, 0) is 87.0 Å². The maximum atomic E-state index is 7.06. The molecule has 2 heterocycles. The second-order valence-corrected chi connectivity index (χ2v) is 19.2. The standard InChI is InChI=1S/C71H47N3O/c1-6-21-48(22-7-1)49-39-43-55(44-40-49)74(66-38-20-37-63-67(66)60-31-16-17-36-62(60)71(63,53-27-12-4-13-28-53)54-29-14-5-15-30-54)56-45-41-50(42-46-56)57-32-18-33-58-59-34-19-35-61(69(59)75-68(57)58)70-72-64(51-23-8-2-9-24-51)47-65(73-70)52-25-10-3-11-26-52/h1-47H. The number of fused-ring (bicyclic) bond motifs is 6. The van der Waals surface area contributed by atoms with E-state index in [1.54, 1.807) is 0 Å². The van der Waals surface area contributed by atoms with Crippen LogP contribution in [0.3, 0.4) is 0 Å². The van der Waals surface area contributed by atoms with E-state index in [-0.39, 0.29) is 0 Å². The first-order chi connectivity index (χ1) is 37.2. The summed E-state index contributed by atoms with van der Waals surface area (Å²) in [5, 5.41) is 2.05. The van der Waals surface area contributed by atoms with Crippen molar-refractivity contribution in [3.63, 3.8) is 0 Å². The molecule has 1 aliphatic rings.